The molecule has 1 aromatic carbocycles. The number of nitrogens with zero attached hydrogens (tertiary/aromatic N) is 9. The largest absolute Gasteiger partial charge is 0.513 e. The number of carbonyl (C=O) groups is 2. The zero-order valence-corrected chi connectivity index (χ0v) is 20.1. The summed E-state index contributed by atoms with van der Waals surface area (Å²) in [5, 5.41) is 13.2. The van der Waals surface area contributed by atoms with Gasteiger partial charge in [-0.2, -0.15) is 0 Å². The predicted octanol–water partition coefficient (Wildman–Crippen LogP) is 5.78. The second kappa shape index (κ2) is 18.0. The van der Waals surface area contributed by atoms with Crippen molar-refractivity contribution in [2.75, 3.05) is 19.9 Å². The fourth-order valence-electron chi connectivity index (χ4n) is 3.03. The first-order valence-corrected chi connectivity index (χ1v) is 11.1. The van der Waals surface area contributed by atoms with Crippen molar-refractivity contribution < 1.29 is 23.8 Å². The molecule has 0 fully saturated rings. The van der Waals surface area contributed by atoms with Crippen molar-refractivity contribution in [3.05, 3.63) is 72.5 Å². The molecule has 15 nitrogen and oxygen atoms in total. The lowest BCUT2D eigenvalue weighted by atomic mass is 9.97. The Hall–Kier alpha value is -4.41. The molecule has 0 aliphatic rings. The van der Waals surface area contributed by atoms with Gasteiger partial charge in [-0.3, -0.25) is 4.79 Å². The summed E-state index contributed by atoms with van der Waals surface area (Å²) < 4.78 is 15.2. The molecular weight excluding hydrogens is 472 g/mol. The molecule has 0 saturated heterocycles. The van der Waals surface area contributed by atoms with Gasteiger partial charge in [-0.25, -0.2) is 4.79 Å². The second-order valence-electron chi connectivity index (χ2n) is 7.06. The van der Waals surface area contributed by atoms with Crippen molar-refractivity contribution >= 4 is 17.6 Å². The molecule has 0 heterocycles. The molecule has 0 spiro atoms. The Bertz CT molecular complexity index is 1060. The highest BCUT2D eigenvalue weighted by molar-refractivity contribution is 6.19. The second-order valence-corrected chi connectivity index (χ2v) is 7.06. The molecule has 1 N–H and O–H groups in total. The maximum atomic E-state index is 13.1. The molecule has 0 aliphatic heterocycles. The summed E-state index contributed by atoms with van der Waals surface area (Å²) in [6.07, 6.45) is 1.72. The van der Waals surface area contributed by atoms with E-state index in [2.05, 4.69) is 35.4 Å². The molecule has 36 heavy (non-hydrogen) atoms. The van der Waals surface area contributed by atoms with E-state index in [0.29, 0.717) is 36.0 Å². The van der Waals surface area contributed by atoms with Gasteiger partial charge in [0.2, 0.25) is 0 Å². The third-order valence-electron chi connectivity index (χ3n) is 4.74. The number of rotatable bonds is 16. The highest BCUT2D eigenvalue weighted by Gasteiger charge is 2.18. The van der Waals surface area contributed by atoms with Crippen LogP contribution in [0.4, 0.5) is 4.79 Å². The molecule has 1 amide bonds. The zero-order valence-electron chi connectivity index (χ0n) is 20.1. The van der Waals surface area contributed by atoms with E-state index in [1.54, 1.807) is 25.1 Å². The van der Waals surface area contributed by atoms with E-state index in [-0.39, 0.29) is 44.6 Å². The fraction of sp³-hybridized carbons (Fsp3) is 0.524. The minimum Gasteiger partial charge on any atom is -0.434 e. The Morgan fingerprint density at radius 2 is 1.81 bits per heavy atom. The lowest BCUT2D eigenvalue weighted by Crippen LogP contribution is -2.27. The van der Waals surface area contributed by atoms with E-state index in [4.69, 9.17) is 30.8 Å². The molecular formula is C21H28N10O5. The highest BCUT2D eigenvalue weighted by Crippen LogP contribution is 2.24. The Morgan fingerprint density at radius 3 is 2.47 bits per heavy atom. The van der Waals surface area contributed by atoms with Crippen LogP contribution in [0.5, 0.6) is 0 Å². The lowest BCUT2D eigenvalue weighted by Gasteiger charge is -2.16. The Kier molecular flexibility index (Phi) is 14.8. The predicted molar refractivity (Wildman–Crippen MR) is 130 cm³/mol. The van der Waals surface area contributed by atoms with Crippen molar-refractivity contribution in [3.8, 4) is 0 Å². The van der Waals surface area contributed by atoms with Gasteiger partial charge < -0.3 is 19.5 Å². The van der Waals surface area contributed by atoms with Crippen LogP contribution in [-0.4, -0.2) is 38.0 Å². The van der Waals surface area contributed by atoms with Crippen LogP contribution in [0.2, 0.25) is 0 Å². The highest BCUT2D eigenvalue weighted by atomic mass is 16.7. The van der Waals surface area contributed by atoms with Crippen LogP contribution in [0.3, 0.4) is 0 Å². The Labute approximate surface area is 207 Å². The maximum absolute atomic E-state index is 13.1. The van der Waals surface area contributed by atoms with Gasteiger partial charge in [0.1, 0.15) is 13.0 Å². The molecule has 1 atom stereocenters. The van der Waals surface area contributed by atoms with Crippen LogP contribution in [0.25, 0.3) is 36.9 Å². The number of ether oxygens (including phenoxy) is 3. The van der Waals surface area contributed by atoms with Gasteiger partial charge >= 0.3 is 6.16 Å². The first kappa shape index (κ1) is 29.6. The third-order valence-corrected chi connectivity index (χ3v) is 4.74. The van der Waals surface area contributed by atoms with Crippen molar-refractivity contribution in [1.82, 2.24) is 5.32 Å². The number of benzene rings is 1. The quantitative estimate of drug-likeness (QED) is 0.0565. The first-order chi connectivity index (χ1) is 17.5. The molecule has 0 saturated carbocycles. The summed E-state index contributed by atoms with van der Waals surface area (Å²) in [6, 6.07) is 4.89. The van der Waals surface area contributed by atoms with E-state index in [1.807, 2.05) is 6.92 Å². The van der Waals surface area contributed by atoms with Crippen LogP contribution < -0.4 is 5.32 Å². The van der Waals surface area contributed by atoms with Gasteiger partial charge in [-0.05, 0) is 59.5 Å². The van der Waals surface area contributed by atoms with Crippen LogP contribution in [-0.2, 0) is 32.1 Å². The monoisotopic (exact) mass is 500 g/mol. The van der Waals surface area contributed by atoms with Gasteiger partial charge in [0.05, 0.1) is 31.4 Å². The molecule has 0 radical (unpaired) electrons. The summed E-state index contributed by atoms with van der Waals surface area (Å²) in [4.78, 5) is 33.0. The molecule has 0 aliphatic carbocycles. The van der Waals surface area contributed by atoms with Crippen LogP contribution in [0.1, 0.15) is 49.8 Å². The van der Waals surface area contributed by atoms with Crippen LogP contribution >= 0.6 is 0 Å². The van der Waals surface area contributed by atoms with E-state index >= 15 is 0 Å². The van der Waals surface area contributed by atoms with Gasteiger partial charge in [-0.1, -0.05) is 40.5 Å². The van der Waals surface area contributed by atoms with Crippen molar-refractivity contribution in [2.24, 2.45) is 15.3 Å². The zero-order chi connectivity index (χ0) is 26.6. The fourth-order valence-corrected chi connectivity index (χ4v) is 3.03. The average Bonchev–Trinajstić information content (AvgIpc) is 2.88. The van der Waals surface area contributed by atoms with E-state index in [0.717, 1.165) is 6.26 Å². The number of azide groups is 3. The summed E-state index contributed by atoms with van der Waals surface area (Å²) in [5.41, 5.74) is 27.1. The van der Waals surface area contributed by atoms with E-state index in [9.17, 15) is 9.59 Å². The summed E-state index contributed by atoms with van der Waals surface area (Å²) >= 11 is 0. The summed E-state index contributed by atoms with van der Waals surface area (Å²) in [5.74, 6) is -0.550. The van der Waals surface area contributed by atoms with E-state index < -0.39 is 12.1 Å². The van der Waals surface area contributed by atoms with Crippen molar-refractivity contribution in [1.29, 1.82) is 0 Å². The molecule has 0 aromatic heterocycles. The summed E-state index contributed by atoms with van der Waals surface area (Å²) in [6.45, 7) is 3.78. The average molecular weight is 501 g/mol. The van der Waals surface area contributed by atoms with Crippen molar-refractivity contribution in [2.45, 2.75) is 52.3 Å². The standard InChI is InChI=1S/C21H28N10O5/c1-3-17(36-14-28-31-24)6-5-9-25-20(32)19(13-35-21(33)34-4-2)18-10-15(11-26-29-22)7-8-16(18)12-27-30-23/h7-8,10,13,17H,3-6,9,11-12,14H2,1-2H3,(H,25,32)/b19-13+/t17-/m1/s1. The molecule has 15 heteroatoms. The normalized spacial score (nSPS) is 11.2. The van der Waals surface area contributed by atoms with Crippen molar-refractivity contribution in [3.63, 3.8) is 0 Å². The molecule has 0 bridgehead atoms. The van der Waals surface area contributed by atoms with Gasteiger partial charge in [0.15, 0.2) is 0 Å². The number of amides is 1. The van der Waals surface area contributed by atoms with Gasteiger partial charge in [0, 0.05) is 21.3 Å². The van der Waals surface area contributed by atoms with Crippen LogP contribution in [0.15, 0.2) is 39.8 Å². The molecule has 192 valence electrons. The number of carbonyl (C=O) groups excluding carboxylic acids is 2. The lowest BCUT2D eigenvalue weighted by molar-refractivity contribution is -0.115. The summed E-state index contributed by atoms with van der Waals surface area (Å²) in [7, 11) is 0. The van der Waals surface area contributed by atoms with E-state index in [1.165, 1.54) is 0 Å². The Balaban J connectivity index is 3.14. The number of hydrogen-bond donors (Lipinski definition) is 1. The van der Waals surface area contributed by atoms with Crippen LogP contribution in [0, 0.1) is 0 Å². The topological polar surface area (TPSA) is 220 Å². The third kappa shape index (κ3) is 11.1. The SMILES string of the molecule is CCOC(=O)O/C=C(/C(=O)NCCC[C@@H](CC)OCN=[N+]=[N-])c1cc(CN=[N+]=[N-])ccc1CN=[N+]=[N-]. The Morgan fingerprint density at radius 1 is 1.08 bits per heavy atom. The maximum Gasteiger partial charge on any atom is 0.513 e. The number of nitrogens with one attached hydrogen (secondary N) is 1. The van der Waals surface area contributed by atoms with Gasteiger partial charge in [-0.15, -0.1) is 0 Å². The smallest absolute Gasteiger partial charge is 0.434 e. The minimum absolute atomic E-state index is 0.0133. The molecule has 0 unspecified atom stereocenters. The number of hydrogen-bond acceptors (Lipinski definition) is 8. The minimum atomic E-state index is -0.993. The molecule has 1 rings (SSSR count). The molecule has 1 aromatic rings. The first-order valence-electron chi connectivity index (χ1n) is 11.1. The van der Waals surface area contributed by atoms with Gasteiger partial charge in [0.25, 0.3) is 5.91 Å².